The highest BCUT2D eigenvalue weighted by Crippen LogP contribution is 2.21. The Morgan fingerprint density at radius 2 is 2.17 bits per heavy atom. The summed E-state index contributed by atoms with van der Waals surface area (Å²) >= 11 is 0. The quantitative estimate of drug-likeness (QED) is 0.575. The van der Waals surface area contributed by atoms with Crippen molar-refractivity contribution in [2.45, 2.75) is 26.8 Å². The first-order valence-electron chi connectivity index (χ1n) is 7.66. The van der Waals surface area contributed by atoms with E-state index in [-0.39, 0.29) is 18.4 Å². The van der Waals surface area contributed by atoms with Gasteiger partial charge in [0.15, 0.2) is 12.3 Å². The number of hydrogen-bond donors (Lipinski definition) is 1. The standard InChI is InChI=1S/C17H18N4O3/c1-10(2)21-16-13(8-19-21)12(7-11(3)20-16)17(23)24-9-15(22)14-5-4-6-18-14/h4-8,10,18H,9H2,1-3H3. The van der Waals surface area contributed by atoms with Crippen LogP contribution in [0.5, 0.6) is 0 Å². The molecule has 0 aliphatic heterocycles. The topological polar surface area (TPSA) is 89.9 Å². The Labute approximate surface area is 138 Å². The van der Waals surface area contributed by atoms with E-state index >= 15 is 0 Å². The summed E-state index contributed by atoms with van der Waals surface area (Å²) in [6.07, 6.45) is 3.25. The first-order chi connectivity index (χ1) is 11.5. The third-order valence-electron chi connectivity index (χ3n) is 3.64. The number of rotatable bonds is 5. The predicted octanol–water partition coefficient (Wildman–Crippen LogP) is 2.69. The molecule has 0 spiro atoms. The molecular weight excluding hydrogens is 308 g/mol. The normalized spacial score (nSPS) is 11.2. The van der Waals surface area contributed by atoms with Gasteiger partial charge in [0.25, 0.3) is 0 Å². The number of nitrogens with one attached hydrogen (secondary N) is 1. The Kier molecular flexibility index (Phi) is 4.16. The molecule has 0 fully saturated rings. The molecule has 0 radical (unpaired) electrons. The summed E-state index contributed by atoms with van der Waals surface area (Å²) in [4.78, 5) is 31.6. The second kappa shape index (κ2) is 6.27. The van der Waals surface area contributed by atoms with Crippen LogP contribution >= 0.6 is 0 Å². The van der Waals surface area contributed by atoms with Crippen LogP contribution in [0.25, 0.3) is 11.0 Å². The van der Waals surface area contributed by atoms with Crippen molar-refractivity contribution in [1.29, 1.82) is 0 Å². The van der Waals surface area contributed by atoms with Crippen LogP contribution in [0.4, 0.5) is 0 Å². The zero-order valence-corrected chi connectivity index (χ0v) is 13.7. The monoisotopic (exact) mass is 326 g/mol. The number of aromatic amines is 1. The molecule has 0 atom stereocenters. The summed E-state index contributed by atoms with van der Waals surface area (Å²) in [6, 6.07) is 5.12. The maximum absolute atomic E-state index is 12.4. The number of nitrogens with zero attached hydrogens (tertiary/aromatic N) is 3. The molecule has 124 valence electrons. The lowest BCUT2D eigenvalue weighted by atomic mass is 10.1. The van der Waals surface area contributed by atoms with Gasteiger partial charge in [-0.2, -0.15) is 5.10 Å². The summed E-state index contributed by atoms with van der Waals surface area (Å²) in [5.41, 5.74) is 2.09. The van der Waals surface area contributed by atoms with E-state index in [1.165, 1.54) is 0 Å². The van der Waals surface area contributed by atoms with Crippen LogP contribution in [0.2, 0.25) is 0 Å². The van der Waals surface area contributed by atoms with E-state index < -0.39 is 5.97 Å². The minimum absolute atomic E-state index is 0.120. The maximum Gasteiger partial charge on any atom is 0.339 e. The van der Waals surface area contributed by atoms with Crippen LogP contribution in [0.3, 0.4) is 0 Å². The summed E-state index contributed by atoms with van der Waals surface area (Å²) < 4.78 is 6.93. The molecule has 7 heteroatoms. The second-order valence-electron chi connectivity index (χ2n) is 5.81. The van der Waals surface area contributed by atoms with Crippen LogP contribution in [0, 0.1) is 6.92 Å². The van der Waals surface area contributed by atoms with Gasteiger partial charge in [-0.25, -0.2) is 14.5 Å². The molecule has 0 unspecified atom stereocenters. The van der Waals surface area contributed by atoms with Crippen molar-refractivity contribution in [3.63, 3.8) is 0 Å². The predicted molar refractivity (Wildman–Crippen MR) is 88.1 cm³/mol. The molecule has 3 heterocycles. The maximum atomic E-state index is 12.4. The number of H-pyrrole nitrogens is 1. The summed E-state index contributed by atoms with van der Waals surface area (Å²) in [5.74, 6) is -0.845. The first kappa shape index (κ1) is 15.9. The van der Waals surface area contributed by atoms with Crippen molar-refractivity contribution in [2.24, 2.45) is 0 Å². The van der Waals surface area contributed by atoms with E-state index in [1.54, 1.807) is 42.2 Å². The zero-order valence-electron chi connectivity index (χ0n) is 13.7. The van der Waals surface area contributed by atoms with E-state index in [2.05, 4.69) is 15.1 Å². The fourth-order valence-corrected chi connectivity index (χ4v) is 2.48. The molecule has 0 saturated heterocycles. The second-order valence-corrected chi connectivity index (χ2v) is 5.81. The van der Waals surface area contributed by atoms with Crippen molar-refractivity contribution in [1.82, 2.24) is 19.7 Å². The van der Waals surface area contributed by atoms with Gasteiger partial charge in [0.2, 0.25) is 5.78 Å². The van der Waals surface area contributed by atoms with Gasteiger partial charge in [0.05, 0.1) is 22.8 Å². The molecule has 0 aliphatic carbocycles. The Hall–Kier alpha value is -2.96. The highest BCUT2D eigenvalue weighted by atomic mass is 16.5. The first-order valence-corrected chi connectivity index (χ1v) is 7.66. The van der Waals surface area contributed by atoms with Crippen molar-refractivity contribution >= 4 is 22.8 Å². The highest BCUT2D eigenvalue weighted by molar-refractivity contribution is 6.04. The van der Waals surface area contributed by atoms with Gasteiger partial charge in [-0.05, 0) is 39.0 Å². The molecular formula is C17H18N4O3. The van der Waals surface area contributed by atoms with Gasteiger partial charge < -0.3 is 9.72 Å². The Bertz CT molecular complexity index is 894. The number of Topliss-reactive ketones (excluding diaryl/α,β-unsaturated/α-hetero) is 1. The van der Waals surface area contributed by atoms with E-state index in [0.29, 0.717) is 28.0 Å². The molecule has 0 bridgehead atoms. The van der Waals surface area contributed by atoms with Crippen LogP contribution in [0.15, 0.2) is 30.6 Å². The zero-order chi connectivity index (χ0) is 17.3. The number of ketones is 1. The molecule has 0 amide bonds. The number of carbonyl (C=O) groups excluding carboxylic acids is 2. The molecule has 1 N–H and O–H groups in total. The minimum Gasteiger partial charge on any atom is -0.454 e. The van der Waals surface area contributed by atoms with Crippen LogP contribution in [0.1, 0.15) is 46.4 Å². The average Bonchev–Trinajstić information content (AvgIpc) is 3.20. The lowest BCUT2D eigenvalue weighted by molar-refractivity contribution is 0.0475. The smallest absolute Gasteiger partial charge is 0.339 e. The van der Waals surface area contributed by atoms with E-state index in [0.717, 1.165) is 0 Å². The minimum atomic E-state index is -0.561. The van der Waals surface area contributed by atoms with E-state index in [9.17, 15) is 9.59 Å². The number of carbonyl (C=O) groups is 2. The molecule has 24 heavy (non-hydrogen) atoms. The van der Waals surface area contributed by atoms with E-state index in [1.807, 2.05) is 13.8 Å². The number of pyridine rings is 1. The van der Waals surface area contributed by atoms with Crippen molar-refractivity contribution in [2.75, 3.05) is 6.61 Å². The molecule has 0 aliphatic rings. The third-order valence-corrected chi connectivity index (χ3v) is 3.64. The van der Waals surface area contributed by atoms with Gasteiger partial charge in [-0.15, -0.1) is 0 Å². The Balaban J connectivity index is 1.86. The van der Waals surface area contributed by atoms with Crippen LogP contribution in [-0.4, -0.2) is 38.1 Å². The fraction of sp³-hybridized carbons (Fsp3) is 0.294. The summed E-state index contributed by atoms with van der Waals surface area (Å²) in [7, 11) is 0. The highest BCUT2D eigenvalue weighted by Gasteiger charge is 2.19. The Morgan fingerprint density at radius 1 is 1.38 bits per heavy atom. The van der Waals surface area contributed by atoms with Gasteiger partial charge in [0, 0.05) is 17.9 Å². The number of ether oxygens (including phenoxy) is 1. The van der Waals surface area contributed by atoms with E-state index in [4.69, 9.17) is 4.74 Å². The molecule has 0 aromatic carbocycles. The summed E-state index contributed by atoms with van der Waals surface area (Å²) in [6.45, 7) is 5.46. The van der Waals surface area contributed by atoms with Gasteiger partial charge in [0.1, 0.15) is 0 Å². The largest absolute Gasteiger partial charge is 0.454 e. The van der Waals surface area contributed by atoms with Crippen LogP contribution in [-0.2, 0) is 4.74 Å². The Morgan fingerprint density at radius 3 is 2.83 bits per heavy atom. The van der Waals surface area contributed by atoms with Gasteiger partial charge in [-0.1, -0.05) is 0 Å². The number of aryl methyl sites for hydroxylation is 1. The van der Waals surface area contributed by atoms with Crippen LogP contribution < -0.4 is 0 Å². The third kappa shape index (κ3) is 2.92. The lowest BCUT2D eigenvalue weighted by Crippen LogP contribution is -2.15. The number of esters is 1. The molecule has 3 aromatic heterocycles. The number of fused-ring (bicyclic) bond motifs is 1. The van der Waals surface area contributed by atoms with Gasteiger partial charge >= 0.3 is 5.97 Å². The lowest BCUT2D eigenvalue weighted by Gasteiger charge is -2.09. The number of hydrogen-bond acceptors (Lipinski definition) is 5. The van der Waals surface area contributed by atoms with Crippen molar-refractivity contribution in [3.05, 3.63) is 47.5 Å². The molecule has 3 aromatic rings. The number of aromatic nitrogens is 4. The average molecular weight is 326 g/mol. The SMILES string of the molecule is Cc1cc(C(=O)OCC(=O)c2ccc[nH]2)c2cnn(C(C)C)c2n1. The summed E-state index contributed by atoms with van der Waals surface area (Å²) in [5, 5.41) is 4.91. The molecule has 0 saturated carbocycles. The molecule has 7 nitrogen and oxygen atoms in total. The molecule has 3 rings (SSSR count). The van der Waals surface area contributed by atoms with Crippen molar-refractivity contribution < 1.29 is 14.3 Å². The van der Waals surface area contributed by atoms with Crippen molar-refractivity contribution in [3.8, 4) is 0 Å². The fourth-order valence-electron chi connectivity index (χ4n) is 2.48. The van der Waals surface area contributed by atoms with Gasteiger partial charge in [-0.3, -0.25) is 4.79 Å².